The summed E-state index contributed by atoms with van der Waals surface area (Å²) < 4.78 is 32.4. The van der Waals surface area contributed by atoms with Crippen LogP contribution in [0.5, 0.6) is 5.75 Å². The maximum Gasteiger partial charge on any atom is 0.243 e. The van der Waals surface area contributed by atoms with E-state index in [2.05, 4.69) is 10.0 Å². The molecular formula is C21H27N3O5S. The Balaban J connectivity index is 1.99. The van der Waals surface area contributed by atoms with Crippen molar-refractivity contribution in [3.05, 3.63) is 53.6 Å². The second-order valence-corrected chi connectivity index (χ2v) is 8.74. The summed E-state index contributed by atoms with van der Waals surface area (Å²) in [6.45, 7) is 4.99. The molecule has 2 amide bonds. The van der Waals surface area contributed by atoms with E-state index in [9.17, 15) is 18.0 Å². The van der Waals surface area contributed by atoms with Crippen molar-refractivity contribution in [2.45, 2.75) is 31.7 Å². The molecule has 8 nitrogen and oxygen atoms in total. The molecule has 0 bridgehead atoms. The van der Waals surface area contributed by atoms with Crippen molar-refractivity contribution < 1.29 is 22.7 Å². The topological polar surface area (TPSA) is 105 Å². The summed E-state index contributed by atoms with van der Waals surface area (Å²) in [4.78, 5) is 26.1. The molecule has 0 unspecified atom stereocenters. The molecule has 9 heteroatoms. The second kappa shape index (κ2) is 9.73. The molecule has 162 valence electrons. The Morgan fingerprint density at radius 3 is 2.17 bits per heavy atom. The molecule has 2 N–H and O–H groups in total. The van der Waals surface area contributed by atoms with Gasteiger partial charge in [-0.05, 0) is 56.2 Å². The number of anilines is 1. The molecule has 0 radical (unpaired) electrons. The van der Waals surface area contributed by atoms with Gasteiger partial charge in [0.25, 0.3) is 0 Å². The Labute approximate surface area is 177 Å². The van der Waals surface area contributed by atoms with E-state index in [4.69, 9.17) is 4.74 Å². The first kappa shape index (κ1) is 23.4. The Morgan fingerprint density at radius 2 is 1.63 bits per heavy atom. The normalized spacial score (nSPS) is 12.2. The number of carbonyl (C=O) groups is 2. The molecule has 0 spiro atoms. The summed E-state index contributed by atoms with van der Waals surface area (Å²) in [7, 11) is -0.975. The van der Waals surface area contributed by atoms with Crippen LogP contribution >= 0.6 is 0 Å². The molecule has 0 saturated heterocycles. The molecule has 1 atom stereocenters. The van der Waals surface area contributed by atoms with E-state index in [0.717, 1.165) is 11.1 Å². The molecule has 0 aliphatic heterocycles. The Morgan fingerprint density at radius 1 is 1.07 bits per heavy atom. The van der Waals surface area contributed by atoms with E-state index in [1.807, 2.05) is 32.0 Å². The van der Waals surface area contributed by atoms with Gasteiger partial charge in [-0.1, -0.05) is 18.2 Å². The van der Waals surface area contributed by atoms with E-state index in [0.29, 0.717) is 11.4 Å². The highest BCUT2D eigenvalue weighted by Crippen LogP contribution is 2.19. The van der Waals surface area contributed by atoms with Gasteiger partial charge in [0.2, 0.25) is 21.8 Å². The number of para-hydroxylation sites is 1. The van der Waals surface area contributed by atoms with Crippen LogP contribution in [0, 0.1) is 13.8 Å². The van der Waals surface area contributed by atoms with E-state index < -0.39 is 22.0 Å². The summed E-state index contributed by atoms with van der Waals surface area (Å²) in [5.74, 6) is -0.370. The van der Waals surface area contributed by atoms with Crippen LogP contribution in [0.3, 0.4) is 0 Å². The van der Waals surface area contributed by atoms with Crippen molar-refractivity contribution in [2.75, 3.05) is 26.0 Å². The van der Waals surface area contributed by atoms with Gasteiger partial charge in [0, 0.05) is 12.7 Å². The zero-order valence-electron chi connectivity index (χ0n) is 17.7. The average molecular weight is 434 g/mol. The fourth-order valence-electron chi connectivity index (χ4n) is 2.92. The van der Waals surface area contributed by atoms with Gasteiger partial charge in [-0.2, -0.15) is 4.72 Å². The molecule has 2 aromatic carbocycles. The number of likely N-dealkylation sites (N-methyl/N-ethyl adjacent to an activating group) is 1. The fourth-order valence-corrected chi connectivity index (χ4v) is 4.12. The first-order valence-electron chi connectivity index (χ1n) is 9.32. The van der Waals surface area contributed by atoms with Gasteiger partial charge in [-0.15, -0.1) is 0 Å². The zero-order valence-corrected chi connectivity index (χ0v) is 18.5. The van der Waals surface area contributed by atoms with Crippen LogP contribution < -0.4 is 14.8 Å². The lowest BCUT2D eigenvalue weighted by Gasteiger charge is -2.22. The highest BCUT2D eigenvalue weighted by atomic mass is 32.2. The molecule has 2 aromatic rings. The van der Waals surface area contributed by atoms with Gasteiger partial charge >= 0.3 is 0 Å². The number of carbonyl (C=O) groups excluding carboxylic acids is 2. The molecule has 0 aromatic heterocycles. The first-order chi connectivity index (χ1) is 14.0. The summed E-state index contributed by atoms with van der Waals surface area (Å²) in [5, 5.41) is 2.80. The third-order valence-electron chi connectivity index (χ3n) is 4.57. The van der Waals surface area contributed by atoms with Crippen LogP contribution in [0.4, 0.5) is 5.69 Å². The lowest BCUT2D eigenvalue weighted by molar-refractivity contribution is -0.134. The molecule has 0 heterocycles. The van der Waals surface area contributed by atoms with Crippen LogP contribution in [0.2, 0.25) is 0 Å². The number of ether oxygens (including phenoxy) is 1. The Bertz CT molecular complexity index is 999. The van der Waals surface area contributed by atoms with Crippen molar-refractivity contribution in [1.29, 1.82) is 0 Å². The number of sulfonamides is 1. The number of hydrogen-bond donors (Lipinski definition) is 2. The number of aryl methyl sites for hydroxylation is 2. The van der Waals surface area contributed by atoms with Gasteiger partial charge in [-0.3, -0.25) is 9.59 Å². The maximum absolute atomic E-state index is 12.6. The lowest BCUT2D eigenvalue weighted by Crippen LogP contribution is -2.47. The van der Waals surface area contributed by atoms with Crippen molar-refractivity contribution in [1.82, 2.24) is 9.62 Å². The Kier molecular flexibility index (Phi) is 7.58. The highest BCUT2D eigenvalue weighted by Gasteiger charge is 2.25. The van der Waals surface area contributed by atoms with E-state index in [-0.39, 0.29) is 17.3 Å². The van der Waals surface area contributed by atoms with Gasteiger partial charge < -0.3 is 15.0 Å². The summed E-state index contributed by atoms with van der Waals surface area (Å²) in [5.41, 5.74) is 2.53. The predicted molar refractivity (Wildman–Crippen MR) is 115 cm³/mol. The number of hydrogen-bond acceptors (Lipinski definition) is 5. The number of nitrogens with one attached hydrogen (secondary N) is 2. The van der Waals surface area contributed by atoms with Crippen LogP contribution in [-0.2, 0) is 19.6 Å². The molecule has 30 heavy (non-hydrogen) atoms. The fraction of sp³-hybridized carbons (Fsp3) is 0.333. The lowest BCUT2D eigenvalue weighted by atomic mass is 10.1. The average Bonchev–Trinajstić information content (AvgIpc) is 2.69. The van der Waals surface area contributed by atoms with E-state index in [1.165, 1.54) is 50.2 Å². The van der Waals surface area contributed by atoms with Crippen molar-refractivity contribution in [3.63, 3.8) is 0 Å². The third-order valence-corrected chi connectivity index (χ3v) is 6.13. The number of amides is 2. The number of nitrogens with zero attached hydrogens (tertiary/aromatic N) is 1. The quantitative estimate of drug-likeness (QED) is 0.663. The molecular weight excluding hydrogens is 406 g/mol. The monoisotopic (exact) mass is 433 g/mol. The second-order valence-electron chi connectivity index (χ2n) is 7.03. The number of methoxy groups -OCH3 is 1. The van der Waals surface area contributed by atoms with Gasteiger partial charge in [0.15, 0.2) is 0 Å². The van der Waals surface area contributed by atoms with Crippen LogP contribution in [0.15, 0.2) is 47.4 Å². The minimum absolute atomic E-state index is 0.0124. The van der Waals surface area contributed by atoms with Gasteiger partial charge in [-0.25, -0.2) is 8.42 Å². The smallest absolute Gasteiger partial charge is 0.243 e. The molecule has 0 saturated carbocycles. The first-order valence-corrected chi connectivity index (χ1v) is 10.8. The van der Waals surface area contributed by atoms with Gasteiger partial charge in [0.05, 0.1) is 24.6 Å². The predicted octanol–water partition coefficient (Wildman–Crippen LogP) is 2.08. The Hall–Kier alpha value is -2.91. The maximum atomic E-state index is 12.6. The van der Waals surface area contributed by atoms with Gasteiger partial charge in [0.1, 0.15) is 5.75 Å². The minimum atomic E-state index is -3.90. The molecule has 2 rings (SSSR count). The number of benzene rings is 2. The SMILES string of the molecule is COc1ccc(S(=O)(=O)N[C@@H](C)C(=O)N(C)CC(=O)Nc2c(C)cccc2C)cc1. The summed E-state index contributed by atoms with van der Waals surface area (Å²) in [6.07, 6.45) is 0. The molecule has 0 aliphatic carbocycles. The van der Waals surface area contributed by atoms with Crippen molar-refractivity contribution in [3.8, 4) is 5.75 Å². The van der Waals surface area contributed by atoms with Crippen LogP contribution in [-0.4, -0.2) is 51.9 Å². The van der Waals surface area contributed by atoms with E-state index in [1.54, 1.807) is 0 Å². The zero-order chi connectivity index (χ0) is 22.5. The number of rotatable bonds is 8. The van der Waals surface area contributed by atoms with Crippen molar-refractivity contribution in [2.24, 2.45) is 0 Å². The van der Waals surface area contributed by atoms with Crippen LogP contribution in [0.1, 0.15) is 18.1 Å². The molecule has 0 fully saturated rings. The van der Waals surface area contributed by atoms with Crippen LogP contribution in [0.25, 0.3) is 0 Å². The van der Waals surface area contributed by atoms with Crippen molar-refractivity contribution >= 4 is 27.5 Å². The standard InChI is InChI=1S/C21H27N3O5S/c1-14-7-6-8-15(2)20(14)22-19(25)13-24(4)21(26)16(3)23-30(27,28)18-11-9-17(29-5)10-12-18/h6-12,16,23H,13H2,1-5H3,(H,22,25)/t16-/m0/s1. The highest BCUT2D eigenvalue weighted by molar-refractivity contribution is 7.89. The third kappa shape index (κ3) is 5.80. The molecule has 0 aliphatic rings. The minimum Gasteiger partial charge on any atom is -0.497 e. The van der Waals surface area contributed by atoms with E-state index >= 15 is 0 Å². The summed E-state index contributed by atoms with van der Waals surface area (Å²) >= 11 is 0. The summed E-state index contributed by atoms with van der Waals surface area (Å²) in [6, 6.07) is 10.4. The largest absolute Gasteiger partial charge is 0.497 e.